The molecule has 0 saturated heterocycles. The summed E-state index contributed by atoms with van der Waals surface area (Å²) in [5.41, 5.74) is 0.646. The van der Waals surface area contributed by atoms with Crippen molar-refractivity contribution in [3.05, 3.63) is 29.6 Å². The summed E-state index contributed by atoms with van der Waals surface area (Å²) < 4.78 is 13.3. The van der Waals surface area contributed by atoms with Gasteiger partial charge in [0.1, 0.15) is 12.4 Å². The van der Waals surface area contributed by atoms with Gasteiger partial charge in [0.2, 0.25) is 5.91 Å². The van der Waals surface area contributed by atoms with Gasteiger partial charge < -0.3 is 10.4 Å². The number of hydrogen-bond acceptors (Lipinski definition) is 2. The second-order valence-corrected chi connectivity index (χ2v) is 3.80. The van der Waals surface area contributed by atoms with Gasteiger partial charge >= 0.3 is 0 Å². The number of anilines is 1. The summed E-state index contributed by atoms with van der Waals surface area (Å²) >= 11 is 0. The zero-order valence-corrected chi connectivity index (χ0v) is 9.75. The summed E-state index contributed by atoms with van der Waals surface area (Å²) in [7, 11) is 0. The van der Waals surface area contributed by atoms with E-state index < -0.39 is 5.82 Å². The van der Waals surface area contributed by atoms with Crippen LogP contribution in [0.1, 0.15) is 19.4 Å². The Morgan fingerprint density at radius 2 is 2.24 bits per heavy atom. The second-order valence-electron chi connectivity index (χ2n) is 3.80. The van der Waals surface area contributed by atoms with Crippen LogP contribution in [0.5, 0.6) is 0 Å². The number of nitrogens with one attached hydrogen (secondary N) is 1. The number of benzene rings is 1. The summed E-state index contributed by atoms with van der Waals surface area (Å²) in [5, 5.41) is 11.2. The molecule has 0 heterocycles. The molecule has 0 atom stereocenters. The van der Waals surface area contributed by atoms with Gasteiger partial charge in [0, 0.05) is 11.6 Å². The molecule has 3 nitrogen and oxygen atoms in total. The summed E-state index contributed by atoms with van der Waals surface area (Å²) in [5.74, 6) is 4.08. The van der Waals surface area contributed by atoms with Crippen molar-refractivity contribution in [3.8, 4) is 11.8 Å². The maximum absolute atomic E-state index is 13.3. The third-order valence-electron chi connectivity index (χ3n) is 2.06. The minimum atomic E-state index is -0.478. The lowest BCUT2D eigenvalue weighted by atomic mass is 10.1. The molecule has 0 unspecified atom stereocenters. The average molecular weight is 235 g/mol. The molecule has 0 fully saturated rings. The minimum Gasteiger partial charge on any atom is -0.384 e. The summed E-state index contributed by atoms with van der Waals surface area (Å²) in [6.07, 6.45) is 0. The molecule has 0 aliphatic rings. The Bertz CT molecular complexity index is 472. The third kappa shape index (κ3) is 3.89. The van der Waals surface area contributed by atoms with Crippen molar-refractivity contribution in [1.29, 1.82) is 0 Å². The first-order valence-corrected chi connectivity index (χ1v) is 5.24. The Morgan fingerprint density at radius 3 is 2.82 bits per heavy atom. The molecule has 1 aromatic rings. The lowest BCUT2D eigenvalue weighted by Gasteiger charge is -2.08. The van der Waals surface area contributed by atoms with E-state index in [1.54, 1.807) is 13.8 Å². The van der Waals surface area contributed by atoms with Crippen molar-refractivity contribution in [3.63, 3.8) is 0 Å². The molecule has 17 heavy (non-hydrogen) atoms. The van der Waals surface area contributed by atoms with Crippen LogP contribution in [0.15, 0.2) is 18.2 Å². The largest absolute Gasteiger partial charge is 0.384 e. The first-order valence-electron chi connectivity index (χ1n) is 5.24. The van der Waals surface area contributed by atoms with E-state index in [4.69, 9.17) is 5.11 Å². The van der Waals surface area contributed by atoms with Crippen LogP contribution in [0.2, 0.25) is 0 Å². The highest BCUT2D eigenvalue weighted by atomic mass is 19.1. The van der Waals surface area contributed by atoms with Gasteiger partial charge in [-0.05, 0) is 18.2 Å². The molecule has 0 aliphatic carbocycles. The third-order valence-corrected chi connectivity index (χ3v) is 2.06. The molecule has 0 aromatic heterocycles. The predicted octanol–water partition coefficient (Wildman–Crippen LogP) is 1.76. The molecule has 90 valence electrons. The van der Waals surface area contributed by atoms with E-state index >= 15 is 0 Å². The number of aliphatic hydroxyl groups is 1. The van der Waals surface area contributed by atoms with Crippen LogP contribution in [-0.4, -0.2) is 17.6 Å². The summed E-state index contributed by atoms with van der Waals surface area (Å²) in [4.78, 5) is 11.4. The van der Waals surface area contributed by atoms with Crippen LogP contribution in [0.25, 0.3) is 0 Å². The predicted molar refractivity (Wildman–Crippen MR) is 63.8 cm³/mol. The second kappa shape index (κ2) is 6.02. The Morgan fingerprint density at radius 1 is 1.53 bits per heavy atom. The van der Waals surface area contributed by atoms with Crippen LogP contribution in [-0.2, 0) is 4.79 Å². The van der Waals surface area contributed by atoms with Gasteiger partial charge in [-0.15, -0.1) is 0 Å². The Hall–Kier alpha value is -1.86. The Balaban J connectivity index is 2.92. The number of halogens is 1. The highest BCUT2D eigenvalue weighted by Crippen LogP contribution is 2.14. The number of rotatable bonds is 2. The van der Waals surface area contributed by atoms with Crippen LogP contribution in [0.3, 0.4) is 0 Å². The van der Waals surface area contributed by atoms with E-state index in [0.717, 1.165) is 0 Å². The van der Waals surface area contributed by atoms with Crippen LogP contribution in [0, 0.1) is 23.6 Å². The Kier molecular flexibility index (Phi) is 4.68. The van der Waals surface area contributed by atoms with E-state index in [0.29, 0.717) is 5.69 Å². The molecule has 2 N–H and O–H groups in total. The zero-order chi connectivity index (χ0) is 12.8. The lowest BCUT2D eigenvalue weighted by molar-refractivity contribution is -0.118. The van der Waals surface area contributed by atoms with Gasteiger partial charge in [0.25, 0.3) is 0 Å². The van der Waals surface area contributed by atoms with Gasteiger partial charge in [-0.2, -0.15) is 0 Å². The van der Waals surface area contributed by atoms with Gasteiger partial charge in [-0.25, -0.2) is 4.39 Å². The fourth-order valence-electron chi connectivity index (χ4n) is 1.12. The average Bonchev–Trinajstić information content (AvgIpc) is 2.29. The number of aliphatic hydroxyl groups excluding tert-OH is 1. The monoisotopic (exact) mass is 235 g/mol. The Labute approximate surface area is 99.7 Å². The van der Waals surface area contributed by atoms with Gasteiger partial charge in [0.05, 0.1) is 5.56 Å². The fourth-order valence-corrected chi connectivity index (χ4v) is 1.12. The van der Waals surface area contributed by atoms with Crippen LogP contribution >= 0.6 is 0 Å². The van der Waals surface area contributed by atoms with Crippen LogP contribution in [0.4, 0.5) is 10.1 Å². The topological polar surface area (TPSA) is 49.3 Å². The van der Waals surface area contributed by atoms with Crippen molar-refractivity contribution in [2.45, 2.75) is 13.8 Å². The highest BCUT2D eigenvalue weighted by molar-refractivity contribution is 5.92. The SMILES string of the molecule is CC(C)C(=O)Nc1ccc(F)c(C#CCO)c1. The zero-order valence-electron chi connectivity index (χ0n) is 9.75. The normalized spacial score (nSPS) is 9.71. The van der Waals surface area contributed by atoms with Crippen molar-refractivity contribution >= 4 is 11.6 Å². The number of amides is 1. The quantitative estimate of drug-likeness (QED) is 0.767. The van der Waals surface area contributed by atoms with Gasteiger partial charge in [-0.3, -0.25) is 4.79 Å². The molecule has 0 radical (unpaired) electrons. The molecule has 0 spiro atoms. The number of carbonyl (C=O) groups excluding carboxylic acids is 1. The van der Waals surface area contributed by atoms with Crippen LogP contribution < -0.4 is 5.32 Å². The first-order chi connectivity index (χ1) is 8.04. The standard InChI is InChI=1S/C13H14FNO2/c1-9(2)13(17)15-11-5-6-12(14)10(8-11)4-3-7-16/h5-6,8-9,16H,7H2,1-2H3,(H,15,17). The van der Waals surface area contributed by atoms with E-state index in [2.05, 4.69) is 17.2 Å². The number of carbonyl (C=O) groups is 1. The smallest absolute Gasteiger partial charge is 0.226 e. The summed E-state index contributed by atoms with van der Waals surface area (Å²) in [6, 6.07) is 4.15. The lowest BCUT2D eigenvalue weighted by Crippen LogP contribution is -2.17. The fraction of sp³-hybridized carbons (Fsp3) is 0.308. The maximum atomic E-state index is 13.3. The van der Waals surface area contributed by atoms with Crippen molar-refractivity contribution < 1.29 is 14.3 Å². The molecule has 0 saturated carbocycles. The molecular formula is C13H14FNO2. The number of hydrogen-bond donors (Lipinski definition) is 2. The van der Waals surface area contributed by atoms with Crippen molar-refractivity contribution in [2.75, 3.05) is 11.9 Å². The van der Waals surface area contributed by atoms with E-state index in [1.807, 2.05) is 0 Å². The summed E-state index contributed by atoms with van der Waals surface area (Å²) in [6.45, 7) is 3.21. The van der Waals surface area contributed by atoms with Gasteiger partial charge in [0.15, 0.2) is 0 Å². The first kappa shape index (κ1) is 13.2. The molecule has 1 amide bonds. The molecule has 4 heteroatoms. The molecule has 0 aliphatic heterocycles. The van der Waals surface area contributed by atoms with Crippen molar-refractivity contribution in [2.24, 2.45) is 5.92 Å². The van der Waals surface area contributed by atoms with Crippen molar-refractivity contribution in [1.82, 2.24) is 0 Å². The van der Waals surface area contributed by atoms with Gasteiger partial charge in [-0.1, -0.05) is 25.7 Å². The maximum Gasteiger partial charge on any atom is 0.226 e. The molecular weight excluding hydrogens is 221 g/mol. The highest BCUT2D eigenvalue weighted by Gasteiger charge is 2.08. The van der Waals surface area contributed by atoms with E-state index in [-0.39, 0.29) is 24.0 Å². The van der Waals surface area contributed by atoms with E-state index in [9.17, 15) is 9.18 Å². The molecule has 1 rings (SSSR count). The molecule has 1 aromatic carbocycles. The minimum absolute atomic E-state index is 0.141. The van der Waals surface area contributed by atoms with E-state index in [1.165, 1.54) is 18.2 Å². The molecule has 0 bridgehead atoms.